The van der Waals surface area contributed by atoms with E-state index < -0.39 is 5.91 Å². The van der Waals surface area contributed by atoms with Crippen LogP contribution in [0.15, 0.2) is 77.2 Å². The van der Waals surface area contributed by atoms with Crippen LogP contribution in [0.2, 0.25) is 0 Å². The van der Waals surface area contributed by atoms with Crippen molar-refractivity contribution in [3.8, 4) is 17.2 Å². The predicted molar refractivity (Wildman–Crippen MR) is 129 cm³/mol. The number of ether oxygens (including phenoxy) is 1. The van der Waals surface area contributed by atoms with Crippen LogP contribution in [0.1, 0.15) is 20.7 Å². The van der Waals surface area contributed by atoms with E-state index in [0.29, 0.717) is 22.6 Å². The summed E-state index contributed by atoms with van der Waals surface area (Å²) in [6, 6.07) is 20.9. The molecule has 0 aliphatic heterocycles. The van der Waals surface area contributed by atoms with Gasteiger partial charge < -0.3 is 19.4 Å². The molecule has 0 unspecified atom stereocenters. The maximum absolute atomic E-state index is 12.9. The van der Waals surface area contributed by atoms with Crippen LogP contribution in [0.3, 0.4) is 0 Å². The molecule has 0 atom stereocenters. The summed E-state index contributed by atoms with van der Waals surface area (Å²) in [5, 5.41) is 13.2. The Bertz CT molecular complexity index is 1300. The Hall–Kier alpha value is -4.66. The van der Waals surface area contributed by atoms with Crippen molar-refractivity contribution in [2.45, 2.75) is 0 Å². The number of hydrogen-bond acceptors (Lipinski definition) is 7. The van der Waals surface area contributed by atoms with Gasteiger partial charge in [-0.05, 0) is 60.7 Å². The second kappa shape index (κ2) is 9.86. The van der Waals surface area contributed by atoms with Gasteiger partial charge in [-0.3, -0.25) is 14.9 Å². The van der Waals surface area contributed by atoms with E-state index in [1.54, 1.807) is 67.8 Å². The van der Waals surface area contributed by atoms with Crippen LogP contribution in [0.5, 0.6) is 5.75 Å². The largest absolute Gasteiger partial charge is 0.497 e. The second-order valence-electron chi connectivity index (χ2n) is 7.54. The van der Waals surface area contributed by atoms with Crippen molar-refractivity contribution in [3.05, 3.63) is 83.9 Å². The molecule has 2 N–H and O–H groups in total. The van der Waals surface area contributed by atoms with Crippen molar-refractivity contribution in [1.82, 2.24) is 10.2 Å². The number of amides is 2. The lowest BCUT2D eigenvalue weighted by atomic mass is 10.1. The van der Waals surface area contributed by atoms with E-state index in [4.69, 9.17) is 9.15 Å². The second-order valence-corrected chi connectivity index (χ2v) is 7.54. The average molecular weight is 457 g/mol. The molecule has 9 nitrogen and oxygen atoms in total. The first-order valence-electron chi connectivity index (χ1n) is 10.4. The lowest BCUT2D eigenvalue weighted by molar-refractivity contribution is 0.102. The Morgan fingerprint density at radius 1 is 0.853 bits per heavy atom. The third-order valence-corrected chi connectivity index (χ3v) is 5.05. The Morgan fingerprint density at radius 2 is 1.56 bits per heavy atom. The average Bonchev–Trinajstić information content (AvgIpc) is 3.32. The monoisotopic (exact) mass is 457 g/mol. The highest BCUT2D eigenvalue weighted by atomic mass is 16.5. The van der Waals surface area contributed by atoms with Gasteiger partial charge >= 0.3 is 6.01 Å². The number of benzene rings is 3. The van der Waals surface area contributed by atoms with E-state index in [0.717, 1.165) is 5.69 Å². The third-order valence-electron chi connectivity index (χ3n) is 5.05. The van der Waals surface area contributed by atoms with Gasteiger partial charge in [-0.15, -0.1) is 5.10 Å². The normalized spacial score (nSPS) is 10.4. The topological polar surface area (TPSA) is 110 Å². The highest BCUT2D eigenvalue weighted by Crippen LogP contribution is 2.24. The van der Waals surface area contributed by atoms with E-state index >= 15 is 0 Å². The third kappa shape index (κ3) is 5.04. The van der Waals surface area contributed by atoms with Crippen LogP contribution in [0.4, 0.5) is 17.4 Å². The molecule has 0 saturated heterocycles. The SMILES string of the molecule is COc1ccc(-c2nnc(NC(=O)c3ccccc3NC(=O)c3ccc(N(C)C)cc3)o2)cc1. The van der Waals surface area contributed by atoms with Crippen LogP contribution >= 0.6 is 0 Å². The molecular formula is C25H23N5O4. The molecule has 0 aliphatic rings. The fourth-order valence-electron chi connectivity index (χ4n) is 3.18. The van der Waals surface area contributed by atoms with Gasteiger partial charge in [-0.1, -0.05) is 17.2 Å². The van der Waals surface area contributed by atoms with Crippen LogP contribution in [-0.4, -0.2) is 43.2 Å². The molecule has 2 amide bonds. The number of nitrogens with zero attached hydrogens (tertiary/aromatic N) is 3. The summed E-state index contributed by atoms with van der Waals surface area (Å²) in [6.45, 7) is 0. The van der Waals surface area contributed by atoms with Crippen molar-refractivity contribution in [2.24, 2.45) is 0 Å². The zero-order valence-electron chi connectivity index (χ0n) is 18.9. The quantitative estimate of drug-likeness (QED) is 0.425. The molecule has 0 spiro atoms. The predicted octanol–water partition coefficient (Wildman–Crippen LogP) is 4.32. The van der Waals surface area contributed by atoms with Crippen molar-refractivity contribution in [3.63, 3.8) is 0 Å². The molecule has 4 aromatic rings. The lowest BCUT2D eigenvalue weighted by Gasteiger charge is -2.13. The van der Waals surface area contributed by atoms with E-state index in [9.17, 15) is 9.59 Å². The number of carbonyl (C=O) groups is 2. The van der Waals surface area contributed by atoms with Crippen LogP contribution < -0.4 is 20.3 Å². The lowest BCUT2D eigenvalue weighted by Crippen LogP contribution is -2.18. The molecule has 9 heteroatoms. The highest BCUT2D eigenvalue weighted by Gasteiger charge is 2.17. The maximum Gasteiger partial charge on any atom is 0.322 e. The smallest absolute Gasteiger partial charge is 0.322 e. The van der Waals surface area contributed by atoms with E-state index in [2.05, 4.69) is 20.8 Å². The summed E-state index contributed by atoms with van der Waals surface area (Å²) in [5.41, 5.74) is 2.75. The van der Waals surface area contributed by atoms with Crippen molar-refractivity contribution in [2.75, 3.05) is 36.7 Å². The van der Waals surface area contributed by atoms with Gasteiger partial charge in [0.15, 0.2) is 0 Å². The molecule has 34 heavy (non-hydrogen) atoms. The maximum atomic E-state index is 12.9. The highest BCUT2D eigenvalue weighted by molar-refractivity contribution is 6.12. The van der Waals surface area contributed by atoms with Crippen molar-refractivity contribution < 1.29 is 18.7 Å². The molecular weight excluding hydrogens is 434 g/mol. The summed E-state index contributed by atoms with van der Waals surface area (Å²) >= 11 is 0. The molecule has 1 heterocycles. The summed E-state index contributed by atoms with van der Waals surface area (Å²) in [7, 11) is 5.43. The minimum absolute atomic E-state index is 0.0591. The molecule has 0 saturated carbocycles. The zero-order valence-corrected chi connectivity index (χ0v) is 18.9. The van der Waals surface area contributed by atoms with Crippen LogP contribution in [-0.2, 0) is 0 Å². The van der Waals surface area contributed by atoms with E-state index in [1.807, 2.05) is 31.1 Å². The molecule has 1 aromatic heterocycles. The zero-order chi connectivity index (χ0) is 24.1. The summed E-state index contributed by atoms with van der Waals surface area (Å²) in [4.78, 5) is 27.6. The standard InChI is InChI=1S/C25H23N5O4/c1-30(2)18-12-8-16(9-13-18)22(31)26-21-7-5-4-6-20(21)23(32)27-25-29-28-24(34-25)17-10-14-19(33-3)15-11-17/h4-15H,1-3H3,(H,26,31)(H,27,29,32). The number of para-hydroxylation sites is 1. The van der Waals surface area contributed by atoms with Crippen LogP contribution in [0.25, 0.3) is 11.5 Å². The number of aromatic nitrogens is 2. The Kier molecular flexibility index (Phi) is 6.54. The van der Waals surface area contributed by atoms with E-state index in [-0.39, 0.29) is 23.4 Å². The number of carbonyl (C=O) groups excluding carboxylic acids is 2. The summed E-state index contributed by atoms with van der Waals surface area (Å²) in [5.74, 6) is 0.124. The Labute approximate surface area is 196 Å². The minimum Gasteiger partial charge on any atom is -0.497 e. The molecule has 4 rings (SSSR count). The van der Waals surface area contributed by atoms with Gasteiger partial charge in [0.2, 0.25) is 5.89 Å². The molecule has 3 aromatic carbocycles. The molecule has 0 radical (unpaired) electrons. The molecule has 0 aliphatic carbocycles. The van der Waals surface area contributed by atoms with E-state index in [1.165, 1.54) is 0 Å². The summed E-state index contributed by atoms with van der Waals surface area (Å²) < 4.78 is 10.7. The molecule has 172 valence electrons. The van der Waals surface area contributed by atoms with Gasteiger partial charge in [0, 0.05) is 30.9 Å². The van der Waals surface area contributed by atoms with Crippen molar-refractivity contribution in [1.29, 1.82) is 0 Å². The Morgan fingerprint density at radius 3 is 2.24 bits per heavy atom. The van der Waals surface area contributed by atoms with Gasteiger partial charge in [0.05, 0.1) is 18.4 Å². The first-order valence-corrected chi connectivity index (χ1v) is 10.4. The molecule has 0 bridgehead atoms. The Balaban J connectivity index is 1.47. The summed E-state index contributed by atoms with van der Waals surface area (Å²) in [6.07, 6.45) is 0. The fraction of sp³-hybridized carbons (Fsp3) is 0.120. The number of anilines is 3. The number of hydrogen-bond donors (Lipinski definition) is 2. The van der Waals surface area contributed by atoms with Crippen molar-refractivity contribution >= 4 is 29.2 Å². The van der Waals surface area contributed by atoms with Gasteiger partial charge in [0.1, 0.15) is 5.75 Å². The molecule has 0 fully saturated rings. The van der Waals surface area contributed by atoms with Gasteiger partial charge in [-0.25, -0.2) is 0 Å². The van der Waals surface area contributed by atoms with Gasteiger partial charge in [0.25, 0.3) is 11.8 Å². The first-order chi connectivity index (χ1) is 16.4. The minimum atomic E-state index is -0.496. The number of rotatable bonds is 7. The number of nitrogens with one attached hydrogen (secondary N) is 2. The van der Waals surface area contributed by atoms with Crippen LogP contribution in [0, 0.1) is 0 Å². The van der Waals surface area contributed by atoms with Gasteiger partial charge in [-0.2, -0.15) is 0 Å². The number of methoxy groups -OCH3 is 1. The first kappa shape index (κ1) is 22.5. The fourth-order valence-corrected chi connectivity index (χ4v) is 3.18.